The van der Waals surface area contributed by atoms with Crippen molar-refractivity contribution in [3.63, 3.8) is 0 Å². The first-order valence-corrected chi connectivity index (χ1v) is 10.0. The minimum Gasteiger partial charge on any atom is -0.460 e. The number of hydrogen-bond acceptors (Lipinski definition) is 5. The maximum atomic E-state index is 12.7. The number of carbonyl (C=O) groups is 1. The van der Waals surface area contributed by atoms with Crippen molar-refractivity contribution in [3.8, 4) is 0 Å². The van der Waals surface area contributed by atoms with E-state index in [4.69, 9.17) is 9.15 Å². The summed E-state index contributed by atoms with van der Waals surface area (Å²) in [6, 6.07) is 10.1. The Morgan fingerprint density at radius 1 is 1.34 bits per heavy atom. The Labute approximate surface area is 170 Å². The highest BCUT2D eigenvalue weighted by Crippen LogP contribution is 2.38. The second-order valence-corrected chi connectivity index (χ2v) is 7.68. The maximum absolute atomic E-state index is 12.7. The minimum absolute atomic E-state index is 0.00882. The average Bonchev–Trinajstić information content (AvgIpc) is 3.36. The molecule has 1 N–H and O–H groups in total. The van der Waals surface area contributed by atoms with Gasteiger partial charge in [-0.05, 0) is 19.1 Å². The summed E-state index contributed by atoms with van der Waals surface area (Å²) in [6.45, 7) is 4.54. The number of rotatable bonds is 8. The quantitative estimate of drug-likeness (QED) is 0.634. The first kappa shape index (κ1) is 19.7. The monoisotopic (exact) mass is 396 g/mol. The van der Waals surface area contributed by atoms with Crippen LogP contribution >= 0.6 is 0 Å². The number of benzene rings is 1. The molecule has 0 spiro atoms. The highest BCUT2D eigenvalue weighted by Gasteiger charge is 2.41. The molecule has 1 saturated heterocycles. The fourth-order valence-electron chi connectivity index (χ4n) is 4.23. The number of ether oxygens (including phenoxy) is 1. The molecule has 0 radical (unpaired) electrons. The SMILES string of the molecule is COCCN1C(=O)C[C@@H](CNCc2cc3ccccc3o2)[C@@H]1c1cnn(C)c1C. The average molecular weight is 396 g/mol. The first-order chi connectivity index (χ1) is 14.1. The minimum atomic E-state index is 0.00882. The Hall–Kier alpha value is -2.64. The van der Waals surface area contributed by atoms with Crippen molar-refractivity contribution in [2.45, 2.75) is 25.9 Å². The number of aromatic nitrogens is 2. The molecule has 3 heterocycles. The van der Waals surface area contributed by atoms with Gasteiger partial charge in [-0.25, -0.2) is 0 Å². The van der Waals surface area contributed by atoms with Crippen molar-refractivity contribution in [1.82, 2.24) is 20.0 Å². The van der Waals surface area contributed by atoms with Crippen LogP contribution in [0.15, 0.2) is 40.9 Å². The molecule has 2 aromatic heterocycles. The number of carbonyl (C=O) groups excluding carboxylic acids is 1. The van der Waals surface area contributed by atoms with Crippen molar-refractivity contribution in [2.75, 3.05) is 26.8 Å². The first-order valence-electron chi connectivity index (χ1n) is 10.0. The van der Waals surface area contributed by atoms with Gasteiger partial charge in [-0.2, -0.15) is 5.10 Å². The maximum Gasteiger partial charge on any atom is 0.223 e. The Bertz CT molecular complexity index is 960. The zero-order chi connectivity index (χ0) is 20.4. The zero-order valence-electron chi connectivity index (χ0n) is 17.2. The number of nitrogens with zero attached hydrogens (tertiary/aromatic N) is 3. The molecule has 154 valence electrons. The predicted octanol–water partition coefficient (Wildman–Crippen LogP) is 2.80. The van der Waals surface area contributed by atoms with E-state index < -0.39 is 0 Å². The van der Waals surface area contributed by atoms with E-state index in [1.165, 1.54) is 0 Å². The molecule has 0 saturated carbocycles. The summed E-state index contributed by atoms with van der Waals surface area (Å²) < 4.78 is 13.0. The number of fused-ring (bicyclic) bond motifs is 1. The van der Waals surface area contributed by atoms with E-state index >= 15 is 0 Å². The molecule has 0 bridgehead atoms. The fourth-order valence-corrected chi connectivity index (χ4v) is 4.23. The van der Waals surface area contributed by atoms with Gasteiger partial charge < -0.3 is 19.4 Å². The number of aryl methyl sites for hydroxylation is 1. The summed E-state index contributed by atoms with van der Waals surface area (Å²) >= 11 is 0. The van der Waals surface area contributed by atoms with Gasteiger partial charge in [0.05, 0.1) is 25.4 Å². The van der Waals surface area contributed by atoms with Crippen molar-refractivity contribution in [3.05, 3.63) is 53.5 Å². The molecule has 2 atom stereocenters. The Morgan fingerprint density at radius 3 is 2.90 bits per heavy atom. The van der Waals surface area contributed by atoms with E-state index in [0.29, 0.717) is 26.1 Å². The van der Waals surface area contributed by atoms with Gasteiger partial charge in [0, 0.05) is 56.2 Å². The molecule has 1 aliphatic heterocycles. The van der Waals surface area contributed by atoms with Gasteiger partial charge >= 0.3 is 0 Å². The lowest BCUT2D eigenvalue weighted by Crippen LogP contribution is -2.34. The van der Waals surface area contributed by atoms with E-state index in [1.807, 2.05) is 47.1 Å². The van der Waals surface area contributed by atoms with Crippen LogP contribution in [0.25, 0.3) is 11.0 Å². The van der Waals surface area contributed by atoms with E-state index in [2.05, 4.69) is 23.4 Å². The van der Waals surface area contributed by atoms with Crippen LogP contribution in [-0.2, 0) is 23.1 Å². The van der Waals surface area contributed by atoms with Crippen molar-refractivity contribution in [2.24, 2.45) is 13.0 Å². The molecule has 1 aliphatic rings. The number of furan rings is 1. The fraction of sp³-hybridized carbons (Fsp3) is 0.455. The molecule has 3 aromatic rings. The summed E-state index contributed by atoms with van der Waals surface area (Å²) in [5.41, 5.74) is 3.11. The summed E-state index contributed by atoms with van der Waals surface area (Å²) in [4.78, 5) is 14.7. The van der Waals surface area contributed by atoms with Crippen LogP contribution in [0.4, 0.5) is 0 Å². The molecule has 1 aromatic carbocycles. The molecule has 1 fully saturated rings. The molecule has 7 heteroatoms. The lowest BCUT2D eigenvalue weighted by molar-refractivity contribution is -0.129. The zero-order valence-corrected chi connectivity index (χ0v) is 17.2. The number of methoxy groups -OCH3 is 1. The van der Waals surface area contributed by atoms with Crippen LogP contribution in [0.5, 0.6) is 0 Å². The summed E-state index contributed by atoms with van der Waals surface area (Å²) in [6.07, 6.45) is 2.42. The topological polar surface area (TPSA) is 72.5 Å². The molecular formula is C22H28N4O3. The van der Waals surface area contributed by atoms with Gasteiger partial charge in [0.2, 0.25) is 5.91 Å². The number of likely N-dealkylation sites (tertiary alicyclic amines) is 1. The van der Waals surface area contributed by atoms with E-state index in [-0.39, 0.29) is 17.9 Å². The third-order valence-electron chi connectivity index (χ3n) is 5.85. The van der Waals surface area contributed by atoms with Gasteiger partial charge in [0.25, 0.3) is 0 Å². The van der Waals surface area contributed by atoms with Gasteiger partial charge in [0.15, 0.2) is 0 Å². The van der Waals surface area contributed by atoms with E-state index in [9.17, 15) is 4.79 Å². The van der Waals surface area contributed by atoms with Gasteiger partial charge in [0.1, 0.15) is 11.3 Å². The van der Waals surface area contributed by atoms with Crippen LogP contribution in [0, 0.1) is 12.8 Å². The van der Waals surface area contributed by atoms with E-state index in [0.717, 1.165) is 34.5 Å². The second kappa shape index (κ2) is 8.39. The van der Waals surface area contributed by atoms with E-state index in [1.54, 1.807) is 7.11 Å². The summed E-state index contributed by atoms with van der Waals surface area (Å²) in [5.74, 6) is 1.25. The highest BCUT2D eigenvalue weighted by atomic mass is 16.5. The Balaban J connectivity index is 1.48. The van der Waals surface area contributed by atoms with Crippen LogP contribution in [-0.4, -0.2) is 47.4 Å². The lowest BCUT2D eigenvalue weighted by Gasteiger charge is -2.28. The van der Waals surface area contributed by atoms with Gasteiger partial charge in [-0.15, -0.1) is 0 Å². The van der Waals surface area contributed by atoms with Gasteiger partial charge in [-0.3, -0.25) is 9.48 Å². The molecule has 1 amide bonds. The summed E-state index contributed by atoms with van der Waals surface area (Å²) in [5, 5.41) is 9.00. The molecule has 0 aliphatic carbocycles. The number of nitrogens with one attached hydrogen (secondary N) is 1. The summed E-state index contributed by atoms with van der Waals surface area (Å²) in [7, 11) is 3.60. The number of amides is 1. The van der Waals surface area contributed by atoms with Crippen LogP contribution in [0.1, 0.15) is 29.5 Å². The van der Waals surface area contributed by atoms with Crippen molar-refractivity contribution >= 4 is 16.9 Å². The molecule has 0 unspecified atom stereocenters. The van der Waals surface area contributed by atoms with Crippen LogP contribution in [0.3, 0.4) is 0 Å². The number of para-hydroxylation sites is 1. The predicted molar refractivity (Wildman–Crippen MR) is 110 cm³/mol. The van der Waals surface area contributed by atoms with Gasteiger partial charge in [-0.1, -0.05) is 18.2 Å². The smallest absolute Gasteiger partial charge is 0.223 e. The third kappa shape index (κ3) is 3.93. The third-order valence-corrected chi connectivity index (χ3v) is 5.85. The molecule has 7 nitrogen and oxygen atoms in total. The lowest BCUT2D eigenvalue weighted by atomic mass is 9.94. The Kier molecular flexibility index (Phi) is 5.69. The molecular weight excluding hydrogens is 368 g/mol. The standard InChI is InChI=1S/C22H28N4O3/c1-15-19(14-24-25(15)2)22-17(11-21(27)26(22)8-9-28-3)12-23-13-18-10-16-6-4-5-7-20(16)29-18/h4-7,10,14,17,22-23H,8-9,11-13H2,1-3H3/t17-,22+/m0/s1. The molecule has 4 rings (SSSR count). The largest absolute Gasteiger partial charge is 0.460 e. The highest BCUT2D eigenvalue weighted by molar-refractivity contribution is 5.80. The second-order valence-electron chi connectivity index (χ2n) is 7.68. The van der Waals surface area contributed by atoms with Crippen LogP contribution < -0.4 is 5.32 Å². The number of hydrogen-bond donors (Lipinski definition) is 1. The normalized spacial score (nSPS) is 19.6. The molecule has 29 heavy (non-hydrogen) atoms. The van der Waals surface area contributed by atoms with Crippen LogP contribution in [0.2, 0.25) is 0 Å². The van der Waals surface area contributed by atoms with Crippen molar-refractivity contribution in [1.29, 1.82) is 0 Å². The van der Waals surface area contributed by atoms with Crippen molar-refractivity contribution < 1.29 is 13.9 Å². The Morgan fingerprint density at radius 2 is 2.17 bits per heavy atom.